The third-order valence-electron chi connectivity index (χ3n) is 2.62. The monoisotopic (exact) mass is 318 g/mol. The summed E-state index contributed by atoms with van der Waals surface area (Å²) in [7, 11) is 1.54. The summed E-state index contributed by atoms with van der Waals surface area (Å²) < 4.78 is 0. The van der Waals surface area contributed by atoms with Crippen molar-refractivity contribution in [1.82, 2.24) is 15.3 Å². The van der Waals surface area contributed by atoms with Gasteiger partial charge in [0.05, 0.1) is 5.75 Å². The van der Waals surface area contributed by atoms with Crippen LogP contribution in [0.3, 0.4) is 0 Å². The highest BCUT2D eigenvalue weighted by atomic mass is 32.2. The van der Waals surface area contributed by atoms with Crippen molar-refractivity contribution in [1.29, 1.82) is 0 Å². The molecule has 0 radical (unpaired) electrons. The number of aromatic nitrogens is 2. The molecule has 114 valence electrons. The number of nitrogens with one attached hydrogen (secondary N) is 3. The molecule has 0 aliphatic rings. The highest BCUT2D eigenvalue weighted by Gasteiger charge is 2.07. The van der Waals surface area contributed by atoms with Crippen LogP contribution in [0, 0.1) is 0 Å². The van der Waals surface area contributed by atoms with Gasteiger partial charge in [0.25, 0.3) is 11.5 Å². The molecule has 2 aromatic rings. The smallest absolute Gasteiger partial charge is 0.251 e. The number of thioether (sulfide) groups is 1. The fourth-order valence-electron chi connectivity index (χ4n) is 1.64. The average molecular weight is 318 g/mol. The topological polar surface area (TPSA) is 104 Å². The van der Waals surface area contributed by atoms with Crippen molar-refractivity contribution in [3.05, 3.63) is 52.4 Å². The maximum atomic E-state index is 11.9. The first-order chi connectivity index (χ1) is 10.6. The predicted molar refractivity (Wildman–Crippen MR) is 84.0 cm³/mol. The van der Waals surface area contributed by atoms with E-state index in [1.807, 2.05) is 0 Å². The highest BCUT2D eigenvalue weighted by Crippen LogP contribution is 2.13. The Kier molecular flexibility index (Phi) is 5.31. The summed E-state index contributed by atoms with van der Waals surface area (Å²) in [6, 6.07) is 7.92. The number of carbonyl (C=O) groups excluding carboxylic acids is 2. The van der Waals surface area contributed by atoms with Crippen LogP contribution in [-0.4, -0.2) is 34.6 Å². The minimum Gasteiger partial charge on any atom is -0.355 e. The minimum absolute atomic E-state index is 0.0944. The standard InChI is InChI=1S/C14H14N4O3S/c1-15-13(21)9-3-2-4-10(7-9)17-12(20)8-22-14-16-6-5-11(19)18-14/h2-7H,8H2,1H3,(H,15,21)(H,17,20)(H,16,18,19). The number of hydrogen-bond acceptors (Lipinski definition) is 5. The van der Waals surface area contributed by atoms with Gasteiger partial charge in [0.1, 0.15) is 0 Å². The Bertz CT molecular complexity index is 745. The molecule has 0 aliphatic carbocycles. The third kappa shape index (κ3) is 4.45. The quantitative estimate of drug-likeness (QED) is 0.560. The molecule has 22 heavy (non-hydrogen) atoms. The normalized spacial score (nSPS) is 10.0. The summed E-state index contributed by atoms with van der Waals surface area (Å²) >= 11 is 1.12. The molecule has 0 saturated carbocycles. The lowest BCUT2D eigenvalue weighted by Crippen LogP contribution is -2.19. The number of anilines is 1. The summed E-state index contributed by atoms with van der Waals surface area (Å²) in [4.78, 5) is 41.0. The van der Waals surface area contributed by atoms with Crippen molar-refractivity contribution in [3.63, 3.8) is 0 Å². The van der Waals surface area contributed by atoms with Gasteiger partial charge >= 0.3 is 0 Å². The number of nitrogens with zero attached hydrogens (tertiary/aromatic N) is 1. The van der Waals surface area contributed by atoms with E-state index in [0.717, 1.165) is 11.8 Å². The molecule has 0 bridgehead atoms. The summed E-state index contributed by atoms with van der Waals surface area (Å²) in [5.41, 5.74) is 0.722. The van der Waals surface area contributed by atoms with Crippen LogP contribution >= 0.6 is 11.8 Å². The fourth-order valence-corrected chi connectivity index (χ4v) is 2.29. The van der Waals surface area contributed by atoms with E-state index in [-0.39, 0.29) is 23.1 Å². The lowest BCUT2D eigenvalue weighted by atomic mass is 10.2. The van der Waals surface area contributed by atoms with E-state index in [9.17, 15) is 14.4 Å². The average Bonchev–Trinajstić information content (AvgIpc) is 2.52. The Morgan fingerprint density at radius 2 is 2.14 bits per heavy atom. The largest absolute Gasteiger partial charge is 0.355 e. The Morgan fingerprint density at radius 1 is 1.32 bits per heavy atom. The predicted octanol–water partition coefficient (Wildman–Crippen LogP) is 0.860. The van der Waals surface area contributed by atoms with Crippen molar-refractivity contribution in [2.45, 2.75) is 5.16 Å². The zero-order valence-corrected chi connectivity index (χ0v) is 12.6. The Hall–Kier alpha value is -2.61. The van der Waals surface area contributed by atoms with Crippen LogP contribution in [0.4, 0.5) is 5.69 Å². The van der Waals surface area contributed by atoms with E-state index in [1.165, 1.54) is 19.3 Å². The number of H-pyrrole nitrogens is 1. The molecule has 1 aromatic carbocycles. The lowest BCUT2D eigenvalue weighted by Gasteiger charge is -2.06. The van der Waals surface area contributed by atoms with Crippen LogP contribution in [0.2, 0.25) is 0 Å². The van der Waals surface area contributed by atoms with E-state index in [1.54, 1.807) is 24.3 Å². The minimum atomic E-state index is -0.267. The molecule has 7 nitrogen and oxygen atoms in total. The molecular formula is C14H14N4O3S. The van der Waals surface area contributed by atoms with Crippen molar-refractivity contribution in [3.8, 4) is 0 Å². The van der Waals surface area contributed by atoms with Gasteiger partial charge < -0.3 is 15.6 Å². The second kappa shape index (κ2) is 7.41. The second-order valence-corrected chi connectivity index (χ2v) is 5.20. The molecule has 1 heterocycles. The molecule has 3 N–H and O–H groups in total. The molecule has 0 aliphatic heterocycles. The number of benzene rings is 1. The fraction of sp³-hybridized carbons (Fsp3) is 0.143. The SMILES string of the molecule is CNC(=O)c1cccc(NC(=O)CSc2nccc(=O)[nH]2)c1. The van der Waals surface area contributed by atoms with E-state index >= 15 is 0 Å². The van der Waals surface area contributed by atoms with Crippen molar-refractivity contribution in [2.24, 2.45) is 0 Å². The van der Waals surface area contributed by atoms with E-state index in [4.69, 9.17) is 0 Å². The van der Waals surface area contributed by atoms with Gasteiger partial charge in [0.2, 0.25) is 5.91 Å². The molecule has 8 heteroatoms. The maximum absolute atomic E-state index is 11.9. The van der Waals surface area contributed by atoms with Gasteiger partial charge in [-0.2, -0.15) is 0 Å². The first-order valence-corrected chi connectivity index (χ1v) is 7.37. The van der Waals surface area contributed by atoms with Crippen LogP contribution < -0.4 is 16.2 Å². The molecule has 0 saturated heterocycles. The number of aromatic amines is 1. The first-order valence-electron chi connectivity index (χ1n) is 6.38. The maximum Gasteiger partial charge on any atom is 0.251 e. The molecule has 2 rings (SSSR count). The molecule has 2 amide bonds. The molecule has 0 atom stereocenters. The van der Waals surface area contributed by atoms with Gasteiger partial charge in [-0.15, -0.1) is 0 Å². The van der Waals surface area contributed by atoms with E-state index < -0.39 is 0 Å². The van der Waals surface area contributed by atoms with Crippen molar-refractivity contribution >= 4 is 29.3 Å². The van der Waals surface area contributed by atoms with Crippen LogP contribution in [0.1, 0.15) is 10.4 Å². The Balaban J connectivity index is 1.94. The zero-order chi connectivity index (χ0) is 15.9. The van der Waals surface area contributed by atoms with Crippen molar-refractivity contribution in [2.75, 3.05) is 18.1 Å². The summed E-state index contributed by atoms with van der Waals surface area (Å²) in [6.45, 7) is 0. The third-order valence-corrected chi connectivity index (χ3v) is 3.51. The zero-order valence-electron chi connectivity index (χ0n) is 11.8. The van der Waals surface area contributed by atoms with Crippen LogP contribution in [0.5, 0.6) is 0 Å². The highest BCUT2D eigenvalue weighted by molar-refractivity contribution is 7.99. The summed E-state index contributed by atoms with van der Waals surface area (Å²) in [6.07, 6.45) is 1.38. The molecular weight excluding hydrogens is 304 g/mol. The molecule has 1 aromatic heterocycles. The van der Waals surface area contributed by atoms with E-state index in [2.05, 4.69) is 20.6 Å². The summed E-state index contributed by atoms with van der Waals surface area (Å²) in [5.74, 6) is -0.390. The summed E-state index contributed by atoms with van der Waals surface area (Å²) in [5, 5.41) is 5.58. The first kappa shape index (κ1) is 15.8. The van der Waals surface area contributed by atoms with Crippen LogP contribution in [0.15, 0.2) is 46.5 Å². The van der Waals surface area contributed by atoms with Gasteiger partial charge in [-0.1, -0.05) is 17.8 Å². The van der Waals surface area contributed by atoms with Gasteiger partial charge in [0.15, 0.2) is 5.16 Å². The molecule has 0 fully saturated rings. The second-order valence-electron chi connectivity index (χ2n) is 4.24. The lowest BCUT2D eigenvalue weighted by molar-refractivity contribution is -0.113. The number of hydrogen-bond donors (Lipinski definition) is 3. The molecule has 0 unspecified atom stereocenters. The van der Waals surface area contributed by atoms with Crippen LogP contribution in [0.25, 0.3) is 0 Å². The Labute approximate surface area is 130 Å². The van der Waals surface area contributed by atoms with Gasteiger partial charge in [-0.25, -0.2) is 4.98 Å². The number of amides is 2. The number of rotatable bonds is 5. The Morgan fingerprint density at radius 3 is 2.86 bits per heavy atom. The van der Waals surface area contributed by atoms with Crippen LogP contribution in [-0.2, 0) is 4.79 Å². The van der Waals surface area contributed by atoms with Gasteiger partial charge in [0, 0.05) is 30.6 Å². The number of carbonyl (C=O) groups is 2. The van der Waals surface area contributed by atoms with Crippen molar-refractivity contribution < 1.29 is 9.59 Å². The van der Waals surface area contributed by atoms with Gasteiger partial charge in [-0.05, 0) is 18.2 Å². The van der Waals surface area contributed by atoms with E-state index in [0.29, 0.717) is 16.4 Å². The van der Waals surface area contributed by atoms with Gasteiger partial charge in [-0.3, -0.25) is 14.4 Å². The molecule has 0 spiro atoms.